The molecular weight excluding hydrogens is 316 g/mol. The Hall–Kier alpha value is -3.00. The van der Waals surface area contributed by atoms with E-state index in [9.17, 15) is 9.59 Å². The Morgan fingerprint density at radius 2 is 2.13 bits per heavy atom. The number of thiazole rings is 1. The van der Waals surface area contributed by atoms with Crippen LogP contribution in [0.5, 0.6) is 0 Å². The van der Waals surface area contributed by atoms with Gasteiger partial charge in [0.2, 0.25) is 5.91 Å². The van der Waals surface area contributed by atoms with Crippen molar-refractivity contribution < 1.29 is 14.7 Å². The SMILES string of the molecule is O=C(Cc1cn2ccsc2n1)NN=Cc1ccc(C(=O)O)cc1. The predicted molar refractivity (Wildman–Crippen MR) is 85.9 cm³/mol. The Bertz CT molecular complexity index is 851. The Labute approximate surface area is 134 Å². The van der Waals surface area contributed by atoms with Crippen molar-refractivity contribution in [3.8, 4) is 0 Å². The summed E-state index contributed by atoms with van der Waals surface area (Å²) < 4.78 is 1.86. The smallest absolute Gasteiger partial charge is 0.335 e. The normalized spacial score (nSPS) is 11.1. The Kier molecular flexibility index (Phi) is 4.15. The molecule has 1 aromatic carbocycles. The van der Waals surface area contributed by atoms with E-state index in [0.717, 1.165) is 4.96 Å². The number of fused-ring (bicyclic) bond motifs is 1. The summed E-state index contributed by atoms with van der Waals surface area (Å²) in [7, 11) is 0. The second kappa shape index (κ2) is 6.41. The van der Waals surface area contributed by atoms with E-state index in [4.69, 9.17) is 5.11 Å². The summed E-state index contributed by atoms with van der Waals surface area (Å²) >= 11 is 1.50. The lowest BCUT2D eigenvalue weighted by Crippen LogP contribution is -2.19. The van der Waals surface area contributed by atoms with Gasteiger partial charge in [-0.15, -0.1) is 11.3 Å². The molecule has 0 aliphatic heterocycles. The molecule has 7 nitrogen and oxygen atoms in total. The van der Waals surface area contributed by atoms with E-state index in [0.29, 0.717) is 11.3 Å². The molecule has 0 spiro atoms. The molecule has 3 rings (SSSR count). The third-order valence-corrected chi connectivity index (χ3v) is 3.82. The number of benzene rings is 1. The van der Waals surface area contributed by atoms with Crippen LogP contribution in [0.2, 0.25) is 0 Å². The molecule has 116 valence electrons. The number of amides is 1. The summed E-state index contributed by atoms with van der Waals surface area (Å²) in [4.78, 5) is 27.7. The van der Waals surface area contributed by atoms with Crippen molar-refractivity contribution in [3.05, 3.63) is 58.9 Å². The number of carbonyl (C=O) groups excluding carboxylic acids is 1. The fraction of sp³-hybridized carbons (Fsp3) is 0.0667. The van der Waals surface area contributed by atoms with Gasteiger partial charge in [-0.2, -0.15) is 5.10 Å². The molecule has 2 heterocycles. The number of hydrogen-bond acceptors (Lipinski definition) is 5. The number of aromatic nitrogens is 2. The van der Waals surface area contributed by atoms with Crippen molar-refractivity contribution in [1.29, 1.82) is 0 Å². The number of rotatable bonds is 5. The fourth-order valence-corrected chi connectivity index (χ4v) is 2.67. The maximum absolute atomic E-state index is 11.8. The third kappa shape index (κ3) is 3.61. The zero-order chi connectivity index (χ0) is 16.2. The Morgan fingerprint density at radius 1 is 1.35 bits per heavy atom. The number of carboxylic acid groups (broad SMARTS) is 1. The summed E-state index contributed by atoms with van der Waals surface area (Å²) in [6, 6.07) is 6.18. The molecule has 0 fully saturated rings. The number of aromatic carboxylic acids is 1. The van der Waals surface area contributed by atoms with Crippen LogP contribution in [-0.4, -0.2) is 32.6 Å². The van der Waals surface area contributed by atoms with Gasteiger partial charge in [0.15, 0.2) is 4.96 Å². The zero-order valence-electron chi connectivity index (χ0n) is 11.8. The minimum absolute atomic E-state index is 0.143. The van der Waals surface area contributed by atoms with Crippen LogP contribution in [0.25, 0.3) is 4.96 Å². The lowest BCUT2D eigenvalue weighted by molar-refractivity contribution is -0.120. The largest absolute Gasteiger partial charge is 0.478 e. The van der Waals surface area contributed by atoms with Gasteiger partial charge in [-0.1, -0.05) is 12.1 Å². The molecule has 0 saturated carbocycles. The fourth-order valence-electron chi connectivity index (χ4n) is 1.96. The van der Waals surface area contributed by atoms with Gasteiger partial charge in [-0.25, -0.2) is 15.2 Å². The highest BCUT2D eigenvalue weighted by molar-refractivity contribution is 7.15. The summed E-state index contributed by atoms with van der Waals surface area (Å²) in [5.41, 5.74) is 3.99. The predicted octanol–water partition coefficient (Wildman–Crippen LogP) is 1.79. The monoisotopic (exact) mass is 328 g/mol. The number of carboxylic acids is 1. The molecule has 8 heteroatoms. The van der Waals surface area contributed by atoms with E-state index < -0.39 is 5.97 Å². The van der Waals surface area contributed by atoms with Crippen LogP contribution in [0.3, 0.4) is 0 Å². The van der Waals surface area contributed by atoms with E-state index in [-0.39, 0.29) is 17.9 Å². The minimum Gasteiger partial charge on any atom is -0.478 e. The van der Waals surface area contributed by atoms with Crippen molar-refractivity contribution in [1.82, 2.24) is 14.8 Å². The van der Waals surface area contributed by atoms with Gasteiger partial charge in [0.1, 0.15) is 0 Å². The number of nitrogens with one attached hydrogen (secondary N) is 1. The first-order valence-corrected chi connectivity index (χ1v) is 7.56. The lowest BCUT2D eigenvalue weighted by Gasteiger charge is -1.98. The molecule has 2 aromatic heterocycles. The summed E-state index contributed by atoms with van der Waals surface area (Å²) in [5.74, 6) is -1.25. The molecule has 0 aliphatic carbocycles. The molecule has 0 radical (unpaired) electrons. The van der Waals surface area contributed by atoms with Crippen molar-refractivity contribution in [2.75, 3.05) is 0 Å². The maximum Gasteiger partial charge on any atom is 0.335 e. The van der Waals surface area contributed by atoms with Crippen LogP contribution in [0.4, 0.5) is 0 Å². The van der Waals surface area contributed by atoms with Gasteiger partial charge in [0, 0.05) is 17.8 Å². The van der Waals surface area contributed by atoms with Crippen LogP contribution >= 0.6 is 11.3 Å². The highest BCUT2D eigenvalue weighted by atomic mass is 32.1. The van der Waals surface area contributed by atoms with Gasteiger partial charge in [-0.05, 0) is 17.7 Å². The van der Waals surface area contributed by atoms with Gasteiger partial charge in [0.05, 0.1) is 23.9 Å². The maximum atomic E-state index is 11.8. The molecule has 0 atom stereocenters. The van der Waals surface area contributed by atoms with Gasteiger partial charge in [0.25, 0.3) is 0 Å². The number of carbonyl (C=O) groups is 2. The molecular formula is C15H12N4O3S. The average molecular weight is 328 g/mol. The highest BCUT2D eigenvalue weighted by Gasteiger charge is 2.07. The molecule has 0 bridgehead atoms. The molecule has 0 saturated heterocycles. The van der Waals surface area contributed by atoms with Gasteiger partial charge >= 0.3 is 5.97 Å². The second-order valence-electron chi connectivity index (χ2n) is 4.72. The number of nitrogens with zero attached hydrogens (tertiary/aromatic N) is 3. The second-order valence-corrected chi connectivity index (χ2v) is 5.60. The molecule has 0 aliphatic rings. The van der Waals surface area contributed by atoms with E-state index in [1.165, 1.54) is 29.7 Å². The summed E-state index contributed by atoms with van der Waals surface area (Å²) in [6.07, 6.45) is 5.28. The van der Waals surface area contributed by atoms with Gasteiger partial charge < -0.3 is 5.11 Å². The van der Waals surface area contributed by atoms with Crippen LogP contribution < -0.4 is 5.43 Å². The quantitative estimate of drug-likeness (QED) is 0.551. The zero-order valence-corrected chi connectivity index (χ0v) is 12.7. The van der Waals surface area contributed by atoms with Gasteiger partial charge in [-0.3, -0.25) is 9.20 Å². The van der Waals surface area contributed by atoms with Crippen molar-refractivity contribution in [2.24, 2.45) is 5.10 Å². The lowest BCUT2D eigenvalue weighted by atomic mass is 10.1. The number of imidazole rings is 1. The van der Waals surface area contributed by atoms with Crippen LogP contribution in [-0.2, 0) is 11.2 Å². The first kappa shape index (κ1) is 14.9. The van der Waals surface area contributed by atoms with Crippen LogP contribution in [0.15, 0.2) is 47.1 Å². The topological polar surface area (TPSA) is 96.1 Å². The van der Waals surface area contributed by atoms with Crippen molar-refractivity contribution in [2.45, 2.75) is 6.42 Å². The molecule has 3 aromatic rings. The Balaban J connectivity index is 1.55. The molecule has 23 heavy (non-hydrogen) atoms. The average Bonchev–Trinajstić information content (AvgIpc) is 3.09. The first-order valence-electron chi connectivity index (χ1n) is 6.68. The van der Waals surface area contributed by atoms with E-state index in [1.807, 2.05) is 16.0 Å². The van der Waals surface area contributed by atoms with Crippen LogP contribution in [0.1, 0.15) is 21.6 Å². The summed E-state index contributed by atoms with van der Waals surface area (Å²) in [6.45, 7) is 0. The Morgan fingerprint density at radius 3 is 2.83 bits per heavy atom. The molecule has 0 unspecified atom stereocenters. The van der Waals surface area contributed by atoms with Crippen molar-refractivity contribution in [3.63, 3.8) is 0 Å². The van der Waals surface area contributed by atoms with E-state index >= 15 is 0 Å². The number of hydrogen-bond donors (Lipinski definition) is 2. The number of hydrazone groups is 1. The first-order chi connectivity index (χ1) is 11.1. The van der Waals surface area contributed by atoms with Crippen molar-refractivity contribution >= 4 is 34.4 Å². The molecule has 2 N–H and O–H groups in total. The minimum atomic E-state index is -0.984. The molecule has 1 amide bonds. The summed E-state index contributed by atoms with van der Waals surface area (Å²) in [5, 5.41) is 14.6. The van der Waals surface area contributed by atoms with E-state index in [1.54, 1.807) is 18.3 Å². The van der Waals surface area contributed by atoms with Crippen LogP contribution in [0, 0.1) is 0 Å². The standard InChI is InChI=1S/C15H12N4O3S/c20-13(7-12-9-19-5-6-23-15(19)17-12)18-16-8-10-1-3-11(4-2-10)14(21)22/h1-6,8-9H,7H2,(H,18,20)(H,21,22). The third-order valence-electron chi connectivity index (χ3n) is 3.05. The van der Waals surface area contributed by atoms with E-state index in [2.05, 4.69) is 15.5 Å². The highest BCUT2D eigenvalue weighted by Crippen LogP contribution is 2.11.